The van der Waals surface area contributed by atoms with Crippen LogP contribution in [0.3, 0.4) is 0 Å². The maximum atomic E-state index is 12.7. The molecule has 0 saturated heterocycles. The molecule has 0 saturated carbocycles. The van der Waals surface area contributed by atoms with Gasteiger partial charge in [-0.25, -0.2) is 4.79 Å². The van der Waals surface area contributed by atoms with Crippen LogP contribution in [0.4, 0.5) is 11.4 Å². The van der Waals surface area contributed by atoms with Gasteiger partial charge in [-0.15, -0.1) is 0 Å². The molecule has 2 amide bonds. The topological polar surface area (TPSA) is 88.4 Å². The van der Waals surface area contributed by atoms with E-state index in [2.05, 4.69) is 10.6 Å². The fraction of sp³-hybridized carbons (Fsp3) is 0.0952. The van der Waals surface area contributed by atoms with E-state index in [1.807, 2.05) is 24.3 Å². The van der Waals surface area contributed by atoms with Gasteiger partial charge in [0.05, 0.1) is 5.56 Å². The minimum atomic E-state index is -0.681. The number of amides is 2. The predicted molar refractivity (Wildman–Crippen MR) is 101 cm³/mol. The summed E-state index contributed by atoms with van der Waals surface area (Å²) < 4.78 is 5.36. The number of hydrogen-bond donors (Lipinski definition) is 2. The molecule has 2 N–H and O–H groups in total. The van der Waals surface area contributed by atoms with Gasteiger partial charge in [0, 0.05) is 17.7 Å². The zero-order valence-corrected chi connectivity index (χ0v) is 14.3. The minimum absolute atomic E-state index is 0.0633. The predicted octanol–water partition coefficient (Wildman–Crippen LogP) is 3.24. The molecule has 1 aliphatic rings. The number of hydrogen-bond acceptors (Lipinski definition) is 4. The molecule has 2 heterocycles. The summed E-state index contributed by atoms with van der Waals surface area (Å²) in [5.74, 6) is -0.514. The number of carbonyl (C=O) groups excluding carboxylic acids is 2. The van der Waals surface area contributed by atoms with E-state index in [9.17, 15) is 14.4 Å². The first-order valence-electron chi connectivity index (χ1n) is 8.54. The summed E-state index contributed by atoms with van der Waals surface area (Å²) in [5.41, 5.74) is 1.61. The number of fused-ring (bicyclic) bond motifs is 2. The van der Waals surface area contributed by atoms with Gasteiger partial charge in [-0.05, 0) is 36.2 Å². The first-order valence-corrected chi connectivity index (χ1v) is 8.54. The average Bonchev–Trinajstić information content (AvgIpc) is 2.68. The summed E-state index contributed by atoms with van der Waals surface area (Å²) in [5, 5.41) is 5.36. The van der Waals surface area contributed by atoms with Crippen LogP contribution in [0, 0.1) is 0 Å². The summed E-state index contributed by atoms with van der Waals surface area (Å²) in [4.78, 5) is 37.3. The lowest BCUT2D eigenvalue weighted by molar-refractivity contribution is 0.101. The van der Waals surface area contributed by atoms with Crippen molar-refractivity contribution in [3.8, 4) is 0 Å². The Morgan fingerprint density at radius 3 is 2.52 bits per heavy atom. The van der Waals surface area contributed by atoms with E-state index < -0.39 is 11.5 Å². The molecule has 0 atom stereocenters. The van der Waals surface area contributed by atoms with Crippen LogP contribution >= 0.6 is 0 Å². The highest BCUT2D eigenvalue weighted by Crippen LogP contribution is 2.24. The minimum Gasteiger partial charge on any atom is -0.426 e. The van der Waals surface area contributed by atoms with Crippen LogP contribution in [-0.4, -0.2) is 11.8 Å². The summed E-state index contributed by atoms with van der Waals surface area (Å²) in [6.07, 6.45) is 1.05. The highest BCUT2D eigenvalue weighted by molar-refractivity contribution is 6.08. The van der Waals surface area contributed by atoms with E-state index >= 15 is 0 Å². The highest BCUT2D eigenvalue weighted by atomic mass is 16.4. The Morgan fingerprint density at radius 1 is 0.963 bits per heavy atom. The molecule has 134 valence electrons. The van der Waals surface area contributed by atoms with Crippen molar-refractivity contribution in [2.24, 2.45) is 0 Å². The van der Waals surface area contributed by atoms with E-state index in [4.69, 9.17) is 4.42 Å². The third-order valence-corrected chi connectivity index (χ3v) is 4.44. The van der Waals surface area contributed by atoms with Crippen molar-refractivity contribution in [3.63, 3.8) is 0 Å². The van der Waals surface area contributed by atoms with Crippen LogP contribution in [0.1, 0.15) is 32.0 Å². The Hall–Kier alpha value is -3.67. The Bertz CT molecular complexity index is 1090. The molecule has 0 spiro atoms. The molecule has 6 nitrogen and oxygen atoms in total. The molecule has 4 rings (SSSR count). The van der Waals surface area contributed by atoms with Gasteiger partial charge in [0.1, 0.15) is 11.4 Å². The highest BCUT2D eigenvalue weighted by Gasteiger charge is 2.22. The van der Waals surface area contributed by atoms with Crippen molar-refractivity contribution in [1.82, 2.24) is 0 Å². The Balaban J connectivity index is 1.67. The number of carbonyl (C=O) groups is 2. The van der Waals surface area contributed by atoms with Gasteiger partial charge >= 0.3 is 5.63 Å². The smallest absolute Gasteiger partial charge is 0.359 e. The molecule has 0 aliphatic carbocycles. The van der Waals surface area contributed by atoms with Crippen LogP contribution < -0.4 is 16.3 Å². The maximum absolute atomic E-state index is 12.7. The second-order valence-corrected chi connectivity index (χ2v) is 6.22. The number of nitrogens with one attached hydrogen (secondary N) is 2. The van der Waals surface area contributed by atoms with Crippen LogP contribution in [0.2, 0.25) is 0 Å². The van der Waals surface area contributed by atoms with Gasteiger partial charge < -0.3 is 15.1 Å². The molecule has 1 aliphatic heterocycles. The Labute approximate surface area is 154 Å². The Kier molecular flexibility index (Phi) is 4.30. The first kappa shape index (κ1) is 16.8. The normalized spacial score (nSPS) is 12.8. The van der Waals surface area contributed by atoms with Crippen molar-refractivity contribution in [2.45, 2.75) is 12.8 Å². The monoisotopic (exact) mass is 360 g/mol. The fourth-order valence-corrected chi connectivity index (χ4v) is 3.05. The molecular weight excluding hydrogens is 344 g/mol. The van der Waals surface area contributed by atoms with Gasteiger partial charge in [0.2, 0.25) is 0 Å². The van der Waals surface area contributed by atoms with Gasteiger partial charge in [0.25, 0.3) is 11.8 Å². The number of benzene rings is 2. The number of anilines is 2. The molecule has 0 fully saturated rings. The summed E-state index contributed by atoms with van der Waals surface area (Å²) in [7, 11) is 0. The molecule has 27 heavy (non-hydrogen) atoms. The van der Waals surface area contributed by atoms with E-state index in [-0.39, 0.29) is 17.2 Å². The van der Waals surface area contributed by atoms with Crippen molar-refractivity contribution >= 4 is 23.2 Å². The summed E-state index contributed by atoms with van der Waals surface area (Å²) >= 11 is 0. The van der Waals surface area contributed by atoms with Crippen molar-refractivity contribution < 1.29 is 14.0 Å². The van der Waals surface area contributed by atoms with Gasteiger partial charge in [0.15, 0.2) is 0 Å². The van der Waals surface area contributed by atoms with E-state index in [0.29, 0.717) is 24.2 Å². The zero-order valence-electron chi connectivity index (χ0n) is 14.3. The number of rotatable bonds is 2. The summed E-state index contributed by atoms with van der Waals surface area (Å²) in [6, 6.07) is 17.4. The first-order chi connectivity index (χ1) is 13.1. The average molecular weight is 360 g/mol. The number of aryl methyl sites for hydroxylation is 2. The van der Waals surface area contributed by atoms with E-state index in [0.717, 1.165) is 11.3 Å². The lowest BCUT2D eigenvalue weighted by Crippen LogP contribution is -2.23. The van der Waals surface area contributed by atoms with Crippen LogP contribution in [0.15, 0.2) is 69.9 Å². The van der Waals surface area contributed by atoms with Crippen LogP contribution in [-0.2, 0) is 12.8 Å². The lowest BCUT2D eigenvalue weighted by atomic mass is 10.0. The maximum Gasteiger partial charge on any atom is 0.359 e. The Morgan fingerprint density at radius 2 is 1.70 bits per heavy atom. The van der Waals surface area contributed by atoms with Crippen molar-refractivity contribution in [2.75, 3.05) is 10.6 Å². The van der Waals surface area contributed by atoms with Crippen molar-refractivity contribution in [1.29, 1.82) is 0 Å². The lowest BCUT2D eigenvalue weighted by Gasteiger charge is -2.17. The molecule has 1 aromatic heterocycles. The molecule has 0 bridgehead atoms. The van der Waals surface area contributed by atoms with Gasteiger partial charge in [-0.2, -0.15) is 0 Å². The van der Waals surface area contributed by atoms with E-state index in [1.165, 1.54) is 6.07 Å². The standard InChI is InChI=1S/C21H16N2O4/c24-19(14-7-2-1-3-8-14)23-17-12-15-18(27-21(17)26)11-10-13-6-4-5-9-16(13)22-20(15)25/h1-9,12H,10-11H2,(H,22,25)(H,23,24). The fourth-order valence-electron chi connectivity index (χ4n) is 3.05. The molecule has 6 heteroatoms. The SMILES string of the molecule is O=C(Nc1cc2c(oc1=O)CCc1ccccc1NC2=O)c1ccccc1. The quantitative estimate of drug-likeness (QED) is 0.734. The molecule has 2 aromatic carbocycles. The van der Waals surface area contributed by atoms with Gasteiger partial charge in [-0.1, -0.05) is 36.4 Å². The van der Waals surface area contributed by atoms with Crippen LogP contribution in [0.5, 0.6) is 0 Å². The van der Waals surface area contributed by atoms with Gasteiger partial charge in [-0.3, -0.25) is 9.59 Å². The zero-order chi connectivity index (χ0) is 18.8. The molecule has 3 aromatic rings. The second-order valence-electron chi connectivity index (χ2n) is 6.22. The molecule has 0 unspecified atom stereocenters. The molecule has 0 radical (unpaired) electrons. The molecular formula is C21H16N2O4. The van der Waals surface area contributed by atoms with Crippen molar-refractivity contribution in [3.05, 3.63) is 93.5 Å². The third-order valence-electron chi connectivity index (χ3n) is 4.44. The number of para-hydroxylation sites is 1. The van der Waals surface area contributed by atoms with Crippen LogP contribution in [0.25, 0.3) is 0 Å². The largest absolute Gasteiger partial charge is 0.426 e. The third kappa shape index (κ3) is 3.37. The summed E-state index contributed by atoms with van der Waals surface area (Å²) in [6.45, 7) is 0. The van der Waals surface area contributed by atoms with E-state index in [1.54, 1.807) is 30.3 Å². The second kappa shape index (κ2) is 6.92.